The zero-order valence-electron chi connectivity index (χ0n) is 14.7. The van der Waals surface area contributed by atoms with Gasteiger partial charge in [-0.3, -0.25) is 9.59 Å². The first-order valence-corrected chi connectivity index (χ1v) is 10.2. The standard InChI is InChI=1S/C20H23N3O2S/c24-19(16-6-7-18-15(14-16)4-2-13-26-18)22-9-3-10-23(12-11-22)20(25)17-5-1-8-21-17/h1,5-8,14,21H,2-4,9-13H2. The largest absolute Gasteiger partial charge is 0.357 e. The van der Waals surface area contributed by atoms with Crippen molar-refractivity contribution in [3.63, 3.8) is 0 Å². The van der Waals surface area contributed by atoms with Gasteiger partial charge in [0.15, 0.2) is 0 Å². The third-order valence-electron chi connectivity index (χ3n) is 5.05. The molecule has 2 aromatic rings. The average Bonchev–Trinajstić information content (AvgIpc) is 3.11. The van der Waals surface area contributed by atoms with Crippen molar-refractivity contribution >= 4 is 23.6 Å². The number of carbonyl (C=O) groups is 2. The number of aromatic amines is 1. The summed E-state index contributed by atoms with van der Waals surface area (Å²) in [5.41, 5.74) is 2.68. The monoisotopic (exact) mass is 369 g/mol. The van der Waals surface area contributed by atoms with E-state index in [0.29, 0.717) is 31.9 Å². The summed E-state index contributed by atoms with van der Waals surface area (Å²) >= 11 is 1.88. The Morgan fingerprint density at radius 3 is 2.54 bits per heavy atom. The van der Waals surface area contributed by atoms with E-state index >= 15 is 0 Å². The molecule has 6 heteroatoms. The van der Waals surface area contributed by atoms with Crippen molar-refractivity contribution in [1.82, 2.24) is 14.8 Å². The number of aromatic nitrogens is 1. The lowest BCUT2D eigenvalue weighted by Crippen LogP contribution is -2.37. The molecule has 3 heterocycles. The first kappa shape index (κ1) is 17.2. The lowest BCUT2D eigenvalue weighted by atomic mass is 10.1. The van der Waals surface area contributed by atoms with Gasteiger partial charge in [0.2, 0.25) is 0 Å². The number of thioether (sulfide) groups is 1. The van der Waals surface area contributed by atoms with Gasteiger partial charge in [0.1, 0.15) is 5.69 Å². The van der Waals surface area contributed by atoms with E-state index in [2.05, 4.69) is 17.1 Å². The number of hydrogen-bond acceptors (Lipinski definition) is 3. The highest BCUT2D eigenvalue weighted by Gasteiger charge is 2.24. The van der Waals surface area contributed by atoms with E-state index < -0.39 is 0 Å². The van der Waals surface area contributed by atoms with Crippen LogP contribution in [-0.2, 0) is 6.42 Å². The van der Waals surface area contributed by atoms with Crippen LogP contribution in [0.3, 0.4) is 0 Å². The summed E-state index contributed by atoms with van der Waals surface area (Å²) in [6.45, 7) is 2.53. The Balaban J connectivity index is 1.44. The Bertz CT molecular complexity index is 803. The molecule has 1 saturated heterocycles. The van der Waals surface area contributed by atoms with Gasteiger partial charge in [-0.15, -0.1) is 11.8 Å². The number of benzene rings is 1. The summed E-state index contributed by atoms with van der Waals surface area (Å²) in [7, 11) is 0. The summed E-state index contributed by atoms with van der Waals surface area (Å²) in [6.07, 6.45) is 4.80. The van der Waals surface area contributed by atoms with Crippen LogP contribution in [0.4, 0.5) is 0 Å². The van der Waals surface area contributed by atoms with Crippen molar-refractivity contribution in [3.8, 4) is 0 Å². The SMILES string of the molecule is O=C(c1ccc2c(c1)CCCS2)N1CCCN(C(=O)c2ccc[nH]2)CC1. The van der Waals surface area contributed by atoms with E-state index in [1.165, 1.54) is 16.9 Å². The lowest BCUT2D eigenvalue weighted by molar-refractivity contribution is 0.0716. The highest BCUT2D eigenvalue weighted by atomic mass is 32.2. The van der Waals surface area contributed by atoms with Gasteiger partial charge < -0.3 is 14.8 Å². The molecule has 0 spiro atoms. The van der Waals surface area contributed by atoms with Gasteiger partial charge in [-0.25, -0.2) is 0 Å². The predicted octanol–water partition coefficient (Wildman–Crippen LogP) is 3.04. The Hall–Kier alpha value is -2.21. The maximum atomic E-state index is 13.0. The van der Waals surface area contributed by atoms with Crippen LogP contribution in [0.5, 0.6) is 0 Å². The van der Waals surface area contributed by atoms with Gasteiger partial charge in [0.05, 0.1) is 0 Å². The molecule has 4 rings (SSSR count). The number of nitrogens with one attached hydrogen (secondary N) is 1. The second-order valence-electron chi connectivity index (χ2n) is 6.80. The minimum atomic E-state index is 0.00936. The summed E-state index contributed by atoms with van der Waals surface area (Å²) in [5.74, 6) is 1.25. The highest BCUT2D eigenvalue weighted by Crippen LogP contribution is 2.30. The minimum absolute atomic E-state index is 0.00936. The fraction of sp³-hybridized carbons (Fsp3) is 0.400. The molecule has 136 valence electrons. The van der Waals surface area contributed by atoms with E-state index in [1.54, 1.807) is 12.3 Å². The number of H-pyrrole nitrogens is 1. The molecule has 1 aromatic heterocycles. The molecule has 0 atom stereocenters. The Morgan fingerprint density at radius 1 is 0.962 bits per heavy atom. The average molecular weight is 369 g/mol. The van der Waals surface area contributed by atoms with Crippen molar-refractivity contribution < 1.29 is 9.59 Å². The molecule has 2 aliphatic heterocycles. The fourth-order valence-electron chi connectivity index (χ4n) is 3.63. The lowest BCUT2D eigenvalue weighted by Gasteiger charge is -2.23. The van der Waals surface area contributed by atoms with E-state index in [0.717, 1.165) is 24.2 Å². The molecule has 26 heavy (non-hydrogen) atoms. The molecule has 0 aliphatic carbocycles. The maximum absolute atomic E-state index is 13.0. The first-order chi connectivity index (χ1) is 12.7. The second-order valence-corrected chi connectivity index (χ2v) is 7.93. The van der Waals surface area contributed by atoms with Crippen LogP contribution in [0.15, 0.2) is 41.4 Å². The van der Waals surface area contributed by atoms with E-state index in [9.17, 15) is 9.59 Å². The van der Waals surface area contributed by atoms with Crippen LogP contribution in [0, 0.1) is 0 Å². The van der Waals surface area contributed by atoms with Gasteiger partial charge in [-0.1, -0.05) is 0 Å². The van der Waals surface area contributed by atoms with Crippen LogP contribution in [0.1, 0.15) is 39.3 Å². The van der Waals surface area contributed by atoms with Crippen molar-refractivity contribution in [1.29, 1.82) is 0 Å². The fourth-order valence-corrected chi connectivity index (χ4v) is 4.65. The molecular weight excluding hydrogens is 346 g/mol. The molecule has 1 fully saturated rings. The van der Waals surface area contributed by atoms with Gasteiger partial charge in [0, 0.05) is 42.8 Å². The van der Waals surface area contributed by atoms with Gasteiger partial charge in [-0.2, -0.15) is 0 Å². The van der Waals surface area contributed by atoms with Crippen molar-refractivity contribution in [2.75, 3.05) is 31.9 Å². The normalized spacial score (nSPS) is 17.5. The Kier molecular flexibility index (Phi) is 5.02. The number of carbonyl (C=O) groups excluding carboxylic acids is 2. The number of rotatable bonds is 2. The first-order valence-electron chi connectivity index (χ1n) is 9.20. The predicted molar refractivity (Wildman–Crippen MR) is 103 cm³/mol. The van der Waals surface area contributed by atoms with E-state index in [1.807, 2.05) is 33.7 Å². The van der Waals surface area contributed by atoms with Crippen LogP contribution in [0.25, 0.3) is 0 Å². The molecule has 0 saturated carbocycles. The third kappa shape index (κ3) is 3.51. The van der Waals surface area contributed by atoms with Crippen molar-refractivity contribution in [2.45, 2.75) is 24.2 Å². The quantitative estimate of drug-likeness (QED) is 0.885. The molecule has 0 radical (unpaired) electrons. The molecule has 0 unspecified atom stereocenters. The van der Waals surface area contributed by atoms with Crippen molar-refractivity contribution in [3.05, 3.63) is 53.3 Å². The van der Waals surface area contributed by atoms with Crippen LogP contribution in [0.2, 0.25) is 0 Å². The zero-order valence-corrected chi connectivity index (χ0v) is 15.6. The van der Waals surface area contributed by atoms with Gasteiger partial charge in [0.25, 0.3) is 11.8 Å². The van der Waals surface area contributed by atoms with Crippen LogP contribution >= 0.6 is 11.8 Å². The molecule has 2 aliphatic rings. The zero-order chi connectivity index (χ0) is 17.9. The van der Waals surface area contributed by atoms with Gasteiger partial charge in [-0.05, 0) is 60.9 Å². The van der Waals surface area contributed by atoms with Gasteiger partial charge >= 0.3 is 0 Å². The maximum Gasteiger partial charge on any atom is 0.270 e. The molecule has 2 amide bonds. The summed E-state index contributed by atoms with van der Waals surface area (Å²) < 4.78 is 0. The summed E-state index contributed by atoms with van der Waals surface area (Å²) in [4.78, 5) is 33.5. The molecular formula is C20H23N3O2S. The Morgan fingerprint density at radius 2 is 1.77 bits per heavy atom. The van der Waals surface area contributed by atoms with E-state index in [-0.39, 0.29) is 11.8 Å². The summed E-state index contributed by atoms with van der Waals surface area (Å²) in [5, 5.41) is 0. The smallest absolute Gasteiger partial charge is 0.270 e. The van der Waals surface area contributed by atoms with Crippen molar-refractivity contribution in [2.24, 2.45) is 0 Å². The number of aryl methyl sites for hydroxylation is 1. The third-order valence-corrected chi connectivity index (χ3v) is 6.26. The molecule has 1 aromatic carbocycles. The number of fused-ring (bicyclic) bond motifs is 1. The molecule has 1 N–H and O–H groups in total. The topological polar surface area (TPSA) is 56.4 Å². The number of hydrogen-bond donors (Lipinski definition) is 1. The minimum Gasteiger partial charge on any atom is -0.357 e. The van der Waals surface area contributed by atoms with Crippen LogP contribution in [-0.4, -0.2) is 58.5 Å². The number of nitrogens with zero attached hydrogens (tertiary/aromatic N) is 2. The summed E-state index contributed by atoms with van der Waals surface area (Å²) in [6, 6.07) is 9.73. The van der Waals surface area contributed by atoms with E-state index in [4.69, 9.17) is 0 Å². The highest BCUT2D eigenvalue weighted by molar-refractivity contribution is 7.99. The Labute approximate surface area is 157 Å². The van der Waals surface area contributed by atoms with Crippen LogP contribution < -0.4 is 0 Å². The number of amides is 2. The molecule has 5 nitrogen and oxygen atoms in total. The molecule has 0 bridgehead atoms. The second kappa shape index (κ2) is 7.58.